The highest BCUT2D eigenvalue weighted by molar-refractivity contribution is 7.93. The van der Waals surface area contributed by atoms with Crippen LogP contribution in [0.1, 0.15) is 17.5 Å². The lowest BCUT2D eigenvalue weighted by Crippen LogP contribution is -2.12. The fourth-order valence-corrected chi connectivity index (χ4v) is 4.67. The molecule has 3 aromatic carbocycles. The molecular weight excluding hydrogens is 429 g/mol. The lowest BCUT2D eigenvalue weighted by atomic mass is 10.0. The van der Waals surface area contributed by atoms with E-state index in [2.05, 4.69) is 9.68 Å². The van der Waals surface area contributed by atoms with Crippen molar-refractivity contribution in [1.82, 2.24) is 0 Å². The predicted molar refractivity (Wildman–Crippen MR) is 126 cm³/mol. The topological polar surface area (TPSA) is 97.7 Å². The van der Waals surface area contributed by atoms with Crippen LogP contribution in [0.25, 0.3) is 22.1 Å². The second-order valence-electron chi connectivity index (χ2n) is 7.32. The van der Waals surface area contributed by atoms with Gasteiger partial charge >= 0.3 is 0 Å². The van der Waals surface area contributed by atoms with Gasteiger partial charge in [0.1, 0.15) is 11.4 Å². The number of nitrogens with one attached hydrogen (secondary N) is 1. The van der Waals surface area contributed by atoms with Crippen LogP contribution < -0.4 is 11.1 Å². The molecule has 0 aliphatic carbocycles. The number of halogens is 1. The molecule has 164 valence electrons. The molecule has 1 atom stereocenters. The highest BCUT2D eigenvalue weighted by atomic mass is 32.2. The molecule has 4 rings (SSSR count). The Hall–Kier alpha value is -3.65. The molecule has 1 unspecified atom stereocenters. The second kappa shape index (κ2) is 8.47. The van der Waals surface area contributed by atoms with Crippen molar-refractivity contribution >= 4 is 38.0 Å². The van der Waals surface area contributed by atoms with Crippen LogP contribution in [-0.2, 0) is 9.73 Å². The molecule has 8 heteroatoms. The first kappa shape index (κ1) is 21.6. The van der Waals surface area contributed by atoms with Crippen LogP contribution in [0.3, 0.4) is 0 Å². The number of rotatable bonds is 5. The average molecular weight is 452 g/mol. The number of nitrogens with two attached hydrogens (primary N) is 1. The van der Waals surface area contributed by atoms with Crippen LogP contribution >= 0.6 is 0 Å². The lowest BCUT2D eigenvalue weighted by Gasteiger charge is -2.10. The Balaban J connectivity index is 1.62. The third kappa shape index (κ3) is 4.36. The Labute approximate surface area is 185 Å². The standard InChI is InChI=1S/C24H22FN3O3S/c1-3-27-32(2,30)19-9-11-22-17(12-19)14-23(31-22)24(29)28-21-13-16(6-10-20(21)26)15-4-7-18(25)8-5-15/h4-14H,3,26H2,1-2H3,(H,28,29). The van der Waals surface area contributed by atoms with Crippen molar-refractivity contribution < 1.29 is 17.8 Å². The molecule has 3 N–H and O–H groups in total. The summed E-state index contributed by atoms with van der Waals surface area (Å²) in [5.41, 5.74) is 8.91. The summed E-state index contributed by atoms with van der Waals surface area (Å²) in [5, 5.41) is 3.42. The van der Waals surface area contributed by atoms with E-state index < -0.39 is 15.6 Å². The lowest BCUT2D eigenvalue weighted by molar-refractivity contribution is 0.0998. The smallest absolute Gasteiger partial charge is 0.291 e. The highest BCUT2D eigenvalue weighted by Crippen LogP contribution is 2.29. The van der Waals surface area contributed by atoms with Gasteiger partial charge in [-0.05, 0) is 66.6 Å². The van der Waals surface area contributed by atoms with Crippen LogP contribution in [0.2, 0.25) is 0 Å². The van der Waals surface area contributed by atoms with Crippen LogP contribution in [0, 0.1) is 5.82 Å². The quantitative estimate of drug-likeness (QED) is 0.389. The first-order chi connectivity index (χ1) is 15.3. The first-order valence-electron chi connectivity index (χ1n) is 9.95. The molecule has 0 radical (unpaired) electrons. The normalized spacial score (nSPS) is 13.0. The number of amides is 1. The molecule has 4 aromatic rings. The molecule has 0 aliphatic rings. The minimum Gasteiger partial charge on any atom is -0.451 e. The van der Waals surface area contributed by atoms with E-state index in [-0.39, 0.29) is 11.6 Å². The van der Waals surface area contributed by atoms with Gasteiger partial charge in [0.05, 0.1) is 21.1 Å². The van der Waals surface area contributed by atoms with E-state index in [1.54, 1.807) is 60.9 Å². The predicted octanol–water partition coefficient (Wildman–Crippen LogP) is 5.55. The van der Waals surface area contributed by atoms with Gasteiger partial charge in [-0.2, -0.15) is 0 Å². The molecular formula is C24H22FN3O3S. The number of carbonyl (C=O) groups excluding carboxylic acids is 1. The molecule has 1 amide bonds. The van der Waals surface area contributed by atoms with Gasteiger partial charge in [0.2, 0.25) is 0 Å². The van der Waals surface area contributed by atoms with E-state index in [1.807, 2.05) is 6.92 Å². The molecule has 0 aliphatic heterocycles. The zero-order valence-electron chi connectivity index (χ0n) is 17.6. The molecule has 0 saturated heterocycles. The molecule has 1 heterocycles. The number of hydrogen-bond acceptors (Lipinski definition) is 5. The van der Waals surface area contributed by atoms with Crippen LogP contribution in [-0.4, -0.2) is 22.9 Å². The van der Waals surface area contributed by atoms with E-state index in [0.29, 0.717) is 33.8 Å². The molecule has 6 nitrogen and oxygen atoms in total. The Bertz CT molecular complexity index is 1430. The van der Waals surface area contributed by atoms with Gasteiger partial charge in [-0.1, -0.05) is 18.2 Å². The number of hydrogen-bond donors (Lipinski definition) is 2. The number of fused-ring (bicyclic) bond motifs is 1. The van der Waals surface area contributed by atoms with Gasteiger partial charge in [-0.25, -0.2) is 13.0 Å². The number of benzene rings is 3. The van der Waals surface area contributed by atoms with Gasteiger partial charge in [0.15, 0.2) is 5.76 Å². The minimum absolute atomic E-state index is 0.0961. The van der Waals surface area contributed by atoms with E-state index in [1.165, 1.54) is 12.1 Å². The molecule has 0 spiro atoms. The summed E-state index contributed by atoms with van der Waals surface area (Å²) in [7, 11) is -2.51. The summed E-state index contributed by atoms with van der Waals surface area (Å²) < 4.78 is 35.8. The number of furan rings is 1. The Morgan fingerprint density at radius 3 is 2.50 bits per heavy atom. The van der Waals surface area contributed by atoms with Crippen molar-refractivity contribution in [2.75, 3.05) is 23.9 Å². The van der Waals surface area contributed by atoms with Gasteiger partial charge < -0.3 is 15.5 Å². The number of nitrogen functional groups attached to an aromatic ring is 1. The van der Waals surface area contributed by atoms with Crippen molar-refractivity contribution in [2.24, 2.45) is 4.36 Å². The maximum Gasteiger partial charge on any atom is 0.291 e. The highest BCUT2D eigenvalue weighted by Gasteiger charge is 2.16. The summed E-state index contributed by atoms with van der Waals surface area (Å²) in [5.74, 6) is -0.701. The zero-order chi connectivity index (χ0) is 22.9. The van der Waals surface area contributed by atoms with Crippen molar-refractivity contribution in [3.05, 3.63) is 78.3 Å². The summed E-state index contributed by atoms with van der Waals surface area (Å²) in [6.07, 6.45) is 1.59. The van der Waals surface area contributed by atoms with Crippen molar-refractivity contribution in [3.63, 3.8) is 0 Å². The fraction of sp³-hybridized carbons (Fsp3) is 0.125. The Morgan fingerprint density at radius 2 is 1.78 bits per heavy atom. The largest absolute Gasteiger partial charge is 0.451 e. The van der Waals surface area contributed by atoms with Gasteiger partial charge in [-0.15, -0.1) is 0 Å². The molecule has 32 heavy (non-hydrogen) atoms. The SMILES string of the molecule is CCN=S(C)(=O)c1ccc2oc(C(=O)Nc3cc(-c4ccc(F)cc4)ccc3N)cc2c1. The van der Waals surface area contributed by atoms with Crippen molar-refractivity contribution in [3.8, 4) is 11.1 Å². The minimum atomic E-state index is -2.51. The summed E-state index contributed by atoms with van der Waals surface area (Å²) in [6, 6.07) is 17.9. The summed E-state index contributed by atoms with van der Waals surface area (Å²) >= 11 is 0. The van der Waals surface area contributed by atoms with Gasteiger partial charge in [0, 0.05) is 23.1 Å². The maximum absolute atomic E-state index is 13.2. The Morgan fingerprint density at radius 1 is 1.06 bits per heavy atom. The number of carbonyl (C=O) groups is 1. The second-order valence-corrected chi connectivity index (χ2v) is 9.66. The number of nitrogens with zero attached hydrogens (tertiary/aromatic N) is 1. The van der Waals surface area contributed by atoms with Crippen molar-refractivity contribution in [1.29, 1.82) is 0 Å². The third-order valence-electron chi connectivity index (χ3n) is 5.00. The van der Waals surface area contributed by atoms with Crippen LogP contribution in [0.4, 0.5) is 15.8 Å². The van der Waals surface area contributed by atoms with Gasteiger partial charge in [0.25, 0.3) is 5.91 Å². The van der Waals surface area contributed by atoms with E-state index in [0.717, 1.165) is 11.1 Å². The zero-order valence-corrected chi connectivity index (χ0v) is 18.4. The van der Waals surface area contributed by atoms with Crippen LogP contribution in [0.5, 0.6) is 0 Å². The molecule has 1 aromatic heterocycles. The monoisotopic (exact) mass is 451 g/mol. The maximum atomic E-state index is 13.2. The van der Waals surface area contributed by atoms with Crippen LogP contribution in [0.15, 0.2) is 80.4 Å². The average Bonchev–Trinajstić information content (AvgIpc) is 3.19. The summed E-state index contributed by atoms with van der Waals surface area (Å²) in [4.78, 5) is 13.4. The van der Waals surface area contributed by atoms with E-state index >= 15 is 0 Å². The number of anilines is 2. The molecule has 0 fully saturated rings. The third-order valence-corrected chi connectivity index (χ3v) is 6.88. The van der Waals surface area contributed by atoms with E-state index in [4.69, 9.17) is 10.2 Å². The van der Waals surface area contributed by atoms with E-state index in [9.17, 15) is 13.4 Å². The fourth-order valence-electron chi connectivity index (χ4n) is 3.36. The first-order valence-corrected chi connectivity index (χ1v) is 11.9. The Kier molecular flexibility index (Phi) is 5.71. The van der Waals surface area contributed by atoms with Crippen molar-refractivity contribution in [2.45, 2.75) is 11.8 Å². The van der Waals surface area contributed by atoms with Gasteiger partial charge in [-0.3, -0.25) is 4.79 Å². The molecule has 0 bridgehead atoms. The summed E-state index contributed by atoms with van der Waals surface area (Å²) in [6.45, 7) is 2.28. The molecule has 0 saturated carbocycles.